The third kappa shape index (κ3) is 7.34. The van der Waals surface area contributed by atoms with E-state index in [1.165, 1.54) is 32.2 Å². The van der Waals surface area contributed by atoms with E-state index in [1.54, 1.807) is 0 Å². The number of hydrogen-bond acceptors (Lipinski definition) is 2. The minimum atomic E-state index is 0.742. The molecule has 0 spiro atoms. The van der Waals surface area contributed by atoms with Crippen molar-refractivity contribution in [1.29, 1.82) is 0 Å². The molecule has 0 aromatic rings. The molecule has 0 heterocycles. The van der Waals surface area contributed by atoms with Gasteiger partial charge in [-0.2, -0.15) is 0 Å². The zero-order valence-electron chi connectivity index (χ0n) is 10.5. The Hall–Kier alpha value is -0.0800. The third-order valence-electron chi connectivity index (χ3n) is 2.75. The molecule has 2 heteroatoms. The van der Waals surface area contributed by atoms with Gasteiger partial charge in [-0.05, 0) is 52.9 Å². The van der Waals surface area contributed by atoms with E-state index in [0.29, 0.717) is 0 Å². The van der Waals surface area contributed by atoms with Gasteiger partial charge in [0.1, 0.15) is 0 Å². The van der Waals surface area contributed by atoms with Gasteiger partial charge >= 0.3 is 0 Å². The summed E-state index contributed by atoms with van der Waals surface area (Å²) in [7, 11) is 2.24. The van der Waals surface area contributed by atoms with Crippen LogP contribution >= 0.6 is 0 Å². The van der Waals surface area contributed by atoms with E-state index in [2.05, 4.69) is 38.0 Å². The lowest BCUT2D eigenvalue weighted by Gasteiger charge is -2.24. The van der Waals surface area contributed by atoms with Crippen LogP contribution in [0.3, 0.4) is 0 Å². The van der Waals surface area contributed by atoms with Crippen LogP contribution in [0.25, 0.3) is 0 Å². The number of hydrogen-bond donors (Lipinski definition) is 1. The van der Waals surface area contributed by atoms with Crippen LogP contribution in [0.4, 0.5) is 0 Å². The van der Waals surface area contributed by atoms with Crippen molar-refractivity contribution in [1.82, 2.24) is 10.2 Å². The highest BCUT2D eigenvalue weighted by molar-refractivity contribution is 4.62. The predicted octanol–water partition coefficient (Wildman–Crippen LogP) is 2.50. The molecular formula is C12H28N2. The molecule has 0 aliphatic heterocycles. The molecule has 1 N–H and O–H groups in total. The summed E-state index contributed by atoms with van der Waals surface area (Å²) in [5.41, 5.74) is 0. The maximum absolute atomic E-state index is 3.43. The monoisotopic (exact) mass is 200 g/mol. The molecule has 14 heavy (non-hydrogen) atoms. The van der Waals surface area contributed by atoms with Gasteiger partial charge in [0.15, 0.2) is 0 Å². The number of nitrogens with zero attached hydrogens (tertiary/aromatic N) is 1. The Morgan fingerprint density at radius 3 is 2.43 bits per heavy atom. The molecule has 2 nitrogen and oxygen atoms in total. The summed E-state index contributed by atoms with van der Waals surface area (Å²) in [5, 5.41) is 3.43. The largest absolute Gasteiger partial charge is 0.317 e. The van der Waals surface area contributed by atoms with Crippen LogP contribution < -0.4 is 5.32 Å². The first kappa shape index (κ1) is 13.9. The van der Waals surface area contributed by atoms with Crippen molar-refractivity contribution in [3.05, 3.63) is 0 Å². The molecule has 1 atom stereocenters. The summed E-state index contributed by atoms with van der Waals surface area (Å²) < 4.78 is 0. The van der Waals surface area contributed by atoms with Crippen molar-refractivity contribution in [3.63, 3.8) is 0 Å². The summed E-state index contributed by atoms with van der Waals surface area (Å²) in [6.07, 6.45) is 5.12. The zero-order valence-corrected chi connectivity index (χ0v) is 10.5. The molecule has 1 unspecified atom stereocenters. The highest BCUT2D eigenvalue weighted by atomic mass is 15.1. The van der Waals surface area contributed by atoms with Gasteiger partial charge < -0.3 is 10.2 Å². The summed E-state index contributed by atoms with van der Waals surface area (Å²) in [5.74, 6) is 0. The van der Waals surface area contributed by atoms with Gasteiger partial charge in [-0.1, -0.05) is 20.3 Å². The lowest BCUT2D eigenvalue weighted by Crippen LogP contribution is -2.31. The van der Waals surface area contributed by atoms with Crippen LogP contribution in [0.2, 0.25) is 0 Å². The van der Waals surface area contributed by atoms with E-state index in [-0.39, 0.29) is 0 Å². The van der Waals surface area contributed by atoms with Crippen LogP contribution in [-0.4, -0.2) is 37.6 Å². The van der Waals surface area contributed by atoms with E-state index in [9.17, 15) is 0 Å². The van der Waals surface area contributed by atoms with Crippen LogP contribution in [0.1, 0.15) is 46.5 Å². The second kappa shape index (κ2) is 9.47. The van der Waals surface area contributed by atoms with Gasteiger partial charge in [0, 0.05) is 6.04 Å². The van der Waals surface area contributed by atoms with E-state index in [4.69, 9.17) is 0 Å². The fraction of sp³-hybridized carbons (Fsp3) is 1.00. The molecule has 0 aromatic heterocycles. The Kier molecular flexibility index (Phi) is 9.42. The Morgan fingerprint density at radius 2 is 1.86 bits per heavy atom. The molecule has 0 aromatic carbocycles. The molecule has 0 fully saturated rings. The van der Waals surface area contributed by atoms with Gasteiger partial charge in [-0.15, -0.1) is 0 Å². The fourth-order valence-electron chi connectivity index (χ4n) is 1.61. The molecular weight excluding hydrogens is 172 g/mol. The first-order valence-corrected chi connectivity index (χ1v) is 6.13. The summed E-state index contributed by atoms with van der Waals surface area (Å²) in [4.78, 5) is 2.47. The minimum Gasteiger partial charge on any atom is -0.317 e. The van der Waals surface area contributed by atoms with Gasteiger partial charge in [0.2, 0.25) is 0 Å². The predicted molar refractivity (Wildman–Crippen MR) is 64.8 cm³/mol. The van der Waals surface area contributed by atoms with Gasteiger partial charge in [-0.25, -0.2) is 0 Å². The Bertz CT molecular complexity index is 115. The molecule has 0 radical (unpaired) electrons. The molecule has 0 bridgehead atoms. The van der Waals surface area contributed by atoms with Crippen molar-refractivity contribution in [2.75, 3.05) is 26.7 Å². The third-order valence-corrected chi connectivity index (χ3v) is 2.75. The van der Waals surface area contributed by atoms with Crippen LogP contribution in [0.5, 0.6) is 0 Å². The average molecular weight is 200 g/mol. The highest BCUT2D eigenvalue weighted by Gasteiger charge is 2.06. The zero-order chi connectivity index (χ0) is 10.8. The van der Waals surface area contributed by atoms with E-state index in [0.717, 1.165) is 19.1 Å². The maximum atomic E-state index is 3.43. The smallest absolute Gasteiger partial charge is 0.00637 e. The average Bonchev–Trinajstić information content (AvgIpc) is 2.17. The molecule has 86 valence electrons. The highest BCUT2D eigenvalue weighted by Crippen LogP contribution is 2.03. The van der Waals surface area contributed by atoms with Crippen LogP contribution in [-0.2, 0) is 0 Å². The lowest BCUT2D eigenvalue weighted by atomic mass is 10.1. The van der Waals surface area contributed by atoms with E-state index >= 15 is 0 Å². The lowest BCUT2D eigenvalue weighted by molar-refractivity contribution is 0.241. The fourth-order valence-corrected chi connectivity index (χ4v) is 1.61. The van der Waals surface area contributed by atoms with Gasteiger partial charge in [-0.3, -0.25) is 0 Å². The van der Waals surface area contributed by atoms with Crippen molar-refractivity contribution >= 4 is 0 Å². The molecule has 0 saturated heterocycles. The maximum Gasteiger partial charge on any atom is 0.00637 e. The van der Waals surface area contributed by atoms with Crippen molar-refractivity contribution < 1.29 is 0 Å². The summed E-state index contributed by atoms with van der Waals surface area (Å²) in [6.45, 7) is 10.3. The van der Waals surface area contributed by atoms with Crippen LogP contribution in [0, 0.1) is 0 Å². The topological polar surface area (TPSA) is 15.3 Å². The van der Waals surface area contributed by atoms with Gasteiger partial charge in [0.05, 0.1) is 0 Å². The van der Waals surface area contributed by atoms with Gasteiger partial charge in [0.25, 0.3) is 0 Å². The quantitative estimate of drug-likeness (QED) is 0.575. The molecule has 0 amide bonds. The molecule has 0 saturated carbocycles. The first-order valence-electron chi connectivity index (χ1n) is 6.13. The first-order chi connectivity index (χ1) is 6.72. The normalized spacial score (nSPS) is 13.5. The Balaban J connectivity index is 3.29. The summed E-state index contributed by atoms with van der Waals surface area (Å²) in [6, 6.07) is 0.742. The van der Waals surface area contributed by atoms with Crippen LogP contribution in [0.15, 0.2) is 0 Å². The van der Waals surface area contributed by atoms with Crippen molar-refractivity contribution in [2.45, 2.75) is 52.5 Å². The van der Waals surface area contributed by atoms with Crippen molar-refractivity contribution in [3.8, 4) is 0 Å². The minimum absolute atomic E-state index is 0.742. The second-order valence-electron chi connectivity index (χ2n) is 4.22. The number of rotatable bonds is 9. The van der Waals surface area contributed by atoms with E-state index in [1.807, 2.05) is 0 Å². The second-order valence-corrected chi connectivity index (χ2v) is 4.22. The molecule has 0 aliphatic rings. The summed E-state index contributed by atoms with van der Waals surface area (Å²) >= 11 is 0. The SMILES string of the molecule is CCCNCCCN(C)C(C)CCC. The Labute approximate surface area is 90.1 Å². The Morgan fingerprint density at radius 1 is 1.14 bits per heavy atom. The number of nitrogens with one attached hydrogen (secondary N) is 1. The van der Waals surface area contributed by atoms with E-state index < -0.39 is 0 Å². The standard InChI is InChI=1S/C12H28N2/c1-5-8-12(3)14(4)11-7-10-13-9-6-2/h12-13H,5-11H2,1-4H3. The van der Waals surface area contributed by atoms with Crippen molar-refractivity contribution in [2.24, 2.45) is 0 Å². The molecule has 0 rings (SSSR count). The molecule has 0 aliphatic carbocycles.